The number of hydrogen-bond acceptors (Lipinski definition) is 9. The van der Waals surface area contributed by atoms with Crippen molar-refractivity contribution in [1.29, 1.82) is 0 Å². The highest BCUT2D eigenvalue weighted by molar-refractivity contribution is 7.57. The number of nitrogens with two attached hydrogens (primary N) is 1. The average molecular weight is 775 g/mol. The quantitative estimate of drug-likeness (QED) is 0.178. The highest BCUT2D eigenvalue weighted by Gasteiger charge is 2.41. The highest BCUT2D eigenvalue weighted by Crippen LogP contribution is 2.38. The van der Waals surface area contributed by atoms with Gasteiger partial charge in [-0.25, -0.2) is 19.1 Å². The van der Waals surface area contributed by atoms with E-state index in [0.29, 0.717) is 28.6 Å². The fourth-order valence-electron chi connectivity index (χ4n) is 4.95. The number of nitrogens with zero attached hydrogens (tertiary/aromatic N) is 2. The van der Waals surface area contributed by atoms with E-state index in [9.17, 15) is 28.1 Å². The van der Waals surface area contributed by atoms with Crippen LogP contribution in [0, 0.1) is 11.2 Å². The Morgan fingerprint density at radius 1 is 1.14 bits per heavy atom. The van der Waals surface area contributed by atoms with E-state index in [1.807, 2.05) is 38.1 Å². The van der Waals surface area contributed by atoms with Gasteiger partial charge in [-0.2, -0.15) is 0 Å². The van der Waals surface area contributed by atoms with Gasteiger partial charge >= 0.3 is 18.0 Å². The topological polar surface area (TPSA) is 186 Å². The van der Waals surface area contributed by atoms with Crippen molar-refractivity contribution >= 4 is 60.1 Å². The molecular weight excluding hydrogens is 731 g/mol. The molecule has 51 heavy (non-hydrogen) atoms. The van der Waals surface area contributed by atoms with Crippen molar-refractivity contribution < 1.29 is 52.4 Å². The largest absolute Gasteiger partial charge is 0.489 e. The van der Waals surface area contributed by atoms with Gasteiger partial charge in [-0.3, -0.25) is 23.8 Å². The monoisotopic (exact) mass is 773 g/mol. The lowest BCUT2D eigenvalue weighted by Gasteiger charge is -2.18. The Bertz CT molecular complexity index is 1710. The molecule has 280 valence electrons. The molecule has 1 saturated carbocycles. The van der Waals surface area contributed by atoms with Crippen molar-refractivity contribution in [2.45, 2.75) is 78.5 Å². The van der Waals surface area contributed by atoms with Crippen LogP contribution in [0.4, 0.5) is 14.9 Å². The molecule has 2 aromatic rings. The van der Waals surface area contributed by atoms with Crippen LogP contribution in [0.2, 0.25) is 10.0 Å². The van der Waals surface area contributed by atoms with Gasteiger partial charge in [0, 0.05) is 23.9 Å². The highest BCUT2D eigenvalue weighted by atomic mass is 35.5. The van der Waals surface area contributed by atoms with Crippen LogP contribution in [0.1, 0.15) is 65.4 Å². The van der Waals surface area contributed by atoms with Gasteiger partial charge in [0.1, 0.15) is 17.6 Å². The maximum Gasteiger partial charge on any atom is 0.427 e. The van der Waals surface area contributed by atoms with Crippen molar-refractivity contribution in [2.24, 2.45) is 11.1 Å². The van der Waals surface area contributed by atoms with Crippen molar-refractivity contribution in [3.63, 3.8) is 0 Å². The summed E-state index contributed by atoms with van der Waals surface area (Å²) in [5.41, 5.74) is 5.87. The fourth-order valence-corrected chi connectivity index (χ4v) is 6.10. The molecule has 2 aromatic carbocycles. The number of hydroxylamine groups is 2. The molecule has 2 atom stereocenters. The summed E-state index contributed by atoms with van der Waals surface area (Å²) in [6.07, 6.45) is 3.00. The smallest absolute Gasteiger partial charge is 0.427 e. The molecule has 17 heteroatoms. The molecule has 3 fully saturated rings. The van der Waals surface area contributed by atoms with Gasteiger partial charge in [0.25, 0.3) is 5.91 Å². The minimum absolute atomic E-state index is 0.00687. The molecule has 2 aliphatic heterocycles. The van der Waals surface area contributed by atoms with E-state index in [1.165, 1.54) is 17.8 Å². The first kappa shape index (κ1) is 41.9. The van der Waals surface area contributed by atoms with Crippen LogP contribution >= 0.6 is 30.6 Å². The lowest BCUT2D eigenvalue weighted by Crippen LogP contribution is -2.30. The summed E-state index contributed by atoms with van der Waals surface area (Å²) in [7, 11) is -3.10. The molecule has 2 saturated heterocycles. The molecular formula is C34H43Cl2FN3O10P. The van der Waals surface area contributed by atoms with Gasteiger partial charge in [-0.15, -0.1) is 0 Å². The molecule has 13 nitrogen and oxygen atoms in total. The minimum atomic E-state index is -3.10. The summed E-state index contributed by atoms with van der Waals surface area (Å²) >= 11 is 12.1. The number of carbonyl (C=O) groups excluding carboxylic acids is 3. The molecule has 2 heterocycles. The summed E-state index contributed by atoms with van der Waals surface area (Å²) in [6, 6.07) is 8.75. The summed E-state index contributed by atoms with van der Waals surface area (Å²) in [6.45, 7) is 9.04. The van der Waals surface area contributed by atoms with Crippen molar-refractivity contribution in [1.82, 2.24) is 5.06 Å². The third-order valence-electron chi connectivity index (χ3n) is 7.89. The average Bonchev–Trinajstić information content (AvgIpc) is 3.73. The maximum absolute atomic E-state index is 14.3. The normalized spacial score (nSPS) is 18.7. The number of anilines is 1. The summed E-state index contributed by atoms with van der Waals surface area (Å²) in [5, 5.41) is 10.4. The first-order valence-corrected chi connectivity index (χ1v) is 19.1. The molecule has 4 N–H and O–H groups in total. The number of carboxylic acids is 1. The second kappa shape index (κ2) is 17.8. The number of hydrogen-bond donors (Lipinski definition) is 3. The van der Waals surface area contributed by atoms with E-state index < -0.39 is 42.6 Å². The number of rotatable bonds is 9. The molecule has 0 aromatic heterocycles. The first-order valence-electron chi connectivity index (χ1n) is 16.1. The van der Waals surface area contributed by atoms with Crippen LogP contribution < -0.4 is 15.4 Å². The van der Waals surface area contributed by atoms with E-state index >= 15 is 0 Å². The number of amides is 3. The predicted octanol–water partition coefficient (Wildman–Crippen LogP) is 6.91. The lowest BCUT2D eigenvalue weighted by molar-refractivity contribution is -0.165. The van der Waals surface area contributed by atoms with Gasteiger partial charge in [0.05, 0.1) is 35.4 Å². The Kier molecular flexibility index (Phi) is 14.6. The zero-order valence-corrected chi connectivity index (χ0v) is 31.4. The Balaban J connectivity index is 0.000000225. The number of imide groups is 1. The zero-order valence-electron chi connectivity index (χ0n) is 29.0. The Hall–Kier alpha value is -3.52. The van der Waals surface area contributed by atoms with Gasteiger partial charge < -0.3 is 25.2 Å². The number of benzene rings is 2. The minimum Gasteiger partial charge on any atom is -0.489 e. The molecule has 0 radical (unpaired) electrons. The molecule has 3 amide bonds. The summed E-state index contributed by atoms with van der Waals surface area (Å²) < 4.78 is 35.7. The number of aliphatic carboxylic acids is 1. The number of halogens is 3. The number of carbonyl (C=O) groups is 4. The van der Waals surface area contributed by atoms with Crippen molar-refractivity contribution in [3.05, 3.63) is 69.2 Å². The van der Waals surface area contributed by atoms with E-state index in [2.05, 4.69) is 0 Å². The van der Waals surface area contributed by atoms with Crippen LogP contribution in [0.5, 0.6) is 5.75 Å². The third-order valence-corrected chi connectivity index (χ3v) is 9.64. The predicted molar refractivity (Wildman–Crippen MR) is 189 cm³/mol. The zero-order chi connectivity index (χ0) is 38.3. The van der Waals surface area contributed by atoms with E-state index in [0.717, 1.165) is 37.3 Å². The van der Waals surface area contributed by atoms with Crippen LogP contribution in [-0.2, 0) is 35.1 Å². The van der Waals surface area contributed by atoms with E-state index in [4.69, 9.17) is 53.2 Å². The van der Waals surface area contributed by atoms with Gasteiger partial charge in [0.15, 0.2) is 13.1 Å². The molecule has 0 spiro atoms. The molecule has 0 bridgehead atoms. The molecule has 1 aliphatic carbocycles. The standard InChI is InChI=1S/C17H17ClFNO4.C12H14ClNO2.C5H12NO4P/c1-9(2)15-16(21)20(17(22)24-15)13-8-14(11(18)7-12(13)19)23-10-5-3-4-6-10;1-12(2)8-16-14(11(12)15)7-9-5-3-4-6-10(9)13;1-11(9,10)3-2-4(6)5(7)8/h7-8,10H,3-6H2,1-2H3;3-6H,7-8H2,1-2H3;4H,2-3,6H2,1H3,(H,7,8)(H,9,10). The van der Waals surface area contributed by atoms with Crippen LogP contribution in [-0.4, -0.2) is 70.5 Å². The molecule has 3 aliphatic rings. The fraction of sp³-hybridized carbons (Fsp3) is 0.471. The second-order valence-electron chi connectivity index (χ2n) is 13.2. The van der Waals surface area contributed by atoms with Crippen LogP contribution in [0.25, 0.3) is 0 Å². The Labute approximate surface area is 305 Å². The third kappa shape index (κ3) is 11.7. The van der Waals surface area contributed by atoms with Gasteiger partial charge in [-0.05, 0) is 83.1 Å². The first-order chi connectivity index (χ1) is 23.7. The van der Waals surface area contributed by atoms with Gasteiger partial charge in [-0.1, -0.05) is 41.4 Å². The van der Waals surface area contributed by atoms with Crippen molar-refractivity contribution in [3.8, 4) is 5.75 Å². The number of cyclic esters (lactones) is 1. The van der Waals surface area contributed by atoms with E-state index in [1.54, 1.807) is 13.8 Å². The number of allylic oxidation sites excluding steroid dienone is 1. The molecule has 2 unspecified atom stereocenters. The summed E-state index contributed by atoms with van der Waals surface area (Å²) in [4.78, 5) is 61.1. The number of carboxylic acid groups (broad SMARTS) is 1. The maximum atomic E-state index is 14.3. The van der Waals surface area contributed by atoms with Crippen molar-refractivity contribution in [2.75, 3.05) is 24.3 Å². The second-order valence-corrected chi connectivity index (χ2v) is 16.6. The SMILES string of the molecule is CC(C)=C1OC(=O)N(c2cc(OC3CCCC3)c(Cl)cc2F)C1=O.CC1(C)CON(Cc2ccccc2Cl)C1=O.CP(=O)(O)CCC(N)C(=O)O. The number of ether oxygens (including phenoxy) is 2. The van der Waals surface area contributed by atoms with E-state index in [-0.39, 0.29) is 46.8 Å². The lowest BCUT2D eigenvalue weighted by atomic mass is 9.95. The Morgan fingerprint density at radius 3 is 2.27 bits per heavy atom. The van der Waals surface area contributed by atoms with Gasteiger partial charge in [0.2, 0.25) is 0 Å². The molecule has 5 rings (SSSR count). The summed E-state index contributed by atoms with van der Waals surface area (Å²) in [5.74, 6) is -2.46. The van der Waals surface area contributed by atoms with Crippen LogP contribution in [0.15, 0.2) is 47.7 Å². The Morgan fingerprint density at radius 2 is 1.76 bits per heavy atom. The van der Waals surface area contributed by atoms with Crippen LogP contribution in [0.3, 0.4) is 0 Å².